The van der Waals surface area contributed by atoms with Gasteiger partial charge in [-0.05, 0) is 6.92 Å². The van der Waals surface area contributed by atoms with E-state index in [-0.39, 0.29) is 6.61 Å². The summed E-state index contributed by atoms with van der Waals surface area (Å²) in [6.07, 6.45) is -3.69. The fraction of sp³-hybridized carbons (Fsp3) is 1.00. The van der Waals surface area contributed by atoms with Gasteiger partial charge in [-0.1, -0.05) is 0 Å². The lowest BCUT2D eigenvalue weighted by Gasteiger charge is -2.15. The first-order valence-electron chi connectivity index (χ1n) is 3.35. The summed E-state index contributed by atoms with van der Waals surface area (Å²) in [4.78, 5) is 0. The van der Waals surface area contributed by atoms with Gasteiger partial charge in [0.25, 0.3) is 0 Å². The summed E-state index contributed by atoms with van der Waals surface area (Å²) in [5, 5.41) is 0. The van der Waals surface area contributed by atoms with Gasteiger partial charge in [-0.2, -0.15) is 8.78 Å². The number of nitrogens with two attached hydrogens (primary N) is 1. The Hall–Kier alpha value is -0.360. The van der Waals surface area contributed by atoms with Gasteiger partial charge in [0.2, 0.25) is 0 Å². The lowest BCUT2D eigenvalue weighted by Crippen LogP contribution is -2.34. The van der Waals surface area contributed by atoms with Crippen molar-refractivity contribution in [1.82, 2.24) is 0 Å². The average molecular weight is 189 g/mol. The molecule has 0 fully saturated rings. The van der Waals surface area contributed by atoms with Crippen LogP contribution in [0.4, 0.5) is 17.6 Å². The maximum Gasteiger partial charge on any atom is 0.330 e. The zero-order valence-electron chi connectivity index (χ0n) is 6.57. The Morgan fingerprint density at radius 1 is 1.42 bits per heavy atom. The summed E-state index contributed by atoms with van der Waals surface area (Å²) in [7, 11) is 0. The van der Waals surface area contributed by atoms with Crippen molar-refractivity contribution >= 4 is 0 Å². The van der Waals surface area contributed by atoms with Crippen molar-refractivity contribution < 1.29 is 22.3 Å². The van der Waals surface area contributed by atoms with Crippen LogP contribution in [0, 0.1) is 0 Å². The normalized spacial score (nSPS) is 15.2. The Bertz CT molecular complexity index is 129. The van der Waals surface area contributed by atoms with Gasteiger partial charge in [0.1, 0.15) is 6.61 Å². The van der Waals surface area contributed by atoms with Crippen molar-refractivity contribution in [2.75, 3.05) is 13.2 Å². The third kappa shape index (κ3) is 4.50. The van der Waals surface area contributed by atoms with Crippen molar-refractivity contribution in [3.63, 3.8) is 0 Å². The van der Waals surface area contributed by atoms with Gasteiger partial charge in [0.05, 0.1) is 6.61 Å². The van der Waals surface area contributed by atoms with Crippen molar-refractivity contribution in [2.24, 2.45) is 5.73 Å². The van der Waals surface area contributed by atoms with E-state index in [1.54, 1.807) is 0 Å². The van der Waals surface area contributed by atoms with Crippen LogP contribution < -0.4 is 5.73 Å². The number of halogens is 4. The van der Waals surface area contributed by atoms with Gasteiger partial charge in [0, 0.05) is 6.04 Å². The molecule has 0 saturated heterocycles. The molecule has 0 aromatic carbocycles. The van der Waals surface area contributed by atoms with E-state index in [9.17, 15) is 17.6 Å². The van der Waals surface area contributed by atoms with Crippen LogP contribution in [-0.2, 0) is 4.74 Å². The molecule has 12 heavy (non-hydrogen) atoms. The van der Waals surface area contributed by atoms with E-state index >= 15 is 0 Å². The fourth-order valence-corrected chi connectivity index (χ4v) is 0.444. The van der Waals surface area contributed by atoms with Crippen molar-refractivity contribution in [2.45, 2.75) is 25.3 Å². The molecule has 0 radical (unpaired) electrons. The molecular weight excluding hydrogens is 178 g/mol. The maximum absolute atomic E-state index is 12.1. The van der Waals surface area contributed by atoms with Gasteiger partial charge in [-0.25, -0.2) is 8.78 Å². The van der Waals surface area contributed by atoms with Gasteiger partial charge in [0.15, 0.2) is 0 Å². The van der Waals surface area contributed by atoms with Gasteiger partial charge < -0.3 is 10.5 Å². The molecule has 0 unspecified atom stereocenters. The predicted molar refractivity (Wildman–Crippen MR) is 35.4 cm³/mol. The van der Waals surface area contributed by atoms with Crippen LogP contribution in [0.25, 0.3) is 0 Å². The quantitative estimate of drug-likeness (QED) is 0.660. The van der Waals surface area contributed by atoms with Crippen LogP contribution >= 0.6 is 0 Å². The highest BCUT2D eigenvalue weighted by Gasteiger charge is 2.40. The van der Waals surface area contributed by atoms with E-state index in [2.05, 4.69) is 4.74 Å². The summed E-state index contributed by atoms with van der Waals surface area (Å²) >= 11 is 0. The van der Waals surface area contributed by atoms with Crippen molar-refractivity contribution in [3.8, 4) is 0 Å². The first-order chi connectivity index (χ1) is 5.36. The van der Waals surface area contributed by atoms with E-state index in [1.807, 2.05) is 0 Å². The van der Waals surface area contributed by atoms with Crippen LogP contribution in [0.15, 0.2) is 0 Å². The minimum Gasteiger partial charge on any atom is -0.373 e. The van der Waals surface area contributed by atoms with E-state index in [0.717, 1.165) is 0 Å². The second-order valence-corrected chi connectivity index (χ2v) is 2.55. The maximum atomic E-state index is 12.1. The van der Waals surface area contributed by atoms with Crippen LogP contribution in [0.3, 0.4) is 0 Å². The van der Waals surface area contributed by atoms with Crippen LogP contribution in [0.1, 0.15) is 6.92 Å². The Labute approximate surface area is 67.7 Å². The molecule has 2 N–H and O–H groups in total. The Kier molecular flexibility index (Phi) is 4.47. The van der Waals surface area contributed by atoms with Crippen molar-refractivity contribution in [1.29, 1.82) is 0 Å². The SMILES string of the molecule is C[C@H](N)COCC(F)(F)C(F)F. The molecule has 0 amide bonds. The Morgan fingerprint density at radius 3 is 2.25 bits per heavy atom. The molecule has 74 valence electrons. The molecule has 0 aliphatic carbocycles. The first kappa shape index (κ1) is 11.6. The number of hydrogen-bond acceptors (Lipinski definition) is 2. The van der Waals surface area contributed by atoms with Gasteiger partial charge >= 0.3 is 12.3 Å². The molecule has 0 saturated carbocycles. The number of ether oxygens (including phenoxy) is 1. The zero-order valence-corrected chi connectivity index (χ0v) is 6.57. The summed E-state index contributed by atoms with van der Waals surface area (Å²) in [5.41, 5.74) is 5.14. The van der Waals surface area contributed by atoms with E-state index in [1.165, 1.54) is 6.92 Å². The molecule has 0 aromatic rings. The highest BCUT2D eigenvalue weighted by Crippen LogP contribution is 2.22. The van der Waals surface area contributed by atoms with E-state index in [4.69, 9.17) is 5.73 Å². The zero-order chi connectivity index (χ0) is 9.78. The van der Waals surface area contributed by atoms with E-state index in [0.29, 0.717) is 0 Å². The highest BCUT2D eigenvalue weighted by atomic mass is 19.3. The summed E-state index contributed by atoms with van der Waals surface area (Å²) in [6, 6.07) is -0.432. The molecule has 2 nitrogen and oxygen atoms in total. The lowest BCUT2D eigenvalue weighted by atomic mass is 10.3. The van der Waals surface area contributed by atoms with E-state index < -0.39 is 25.0 Å². The second kappa shape index (κ2) is 4.61. The molecule has 0 rings (SSSR count). The first-order valence-corrected chi connectivity index (χ1v) is 3.35. The third-order valence-electron chi connectivity index (χ3n) is 0.995. The van der Waals surface area contributed by atoms with Gasteiger partial charge in [-0.15, -0.1) is 0 Å². The Morgan fingerprint density at radius 2 is 1.92 bits per heavy atom. The minimum absolute atomic E-state index is 0.150. The second-order valence-electron chi connectivity index (χ2n) is 2.55. The number of alkyl halides is 4. The highest BCUT2D eigenvalue weighted by molar-refractivity contribution is 4.68. The molecule has 6 heteroatoms. The Balaban J connectivity index is 3.61. The largest absolute Gasteiger partial charge is 0.373 e. The molecule has 0 bridgehead atoms. The summed E-state index contributed by atoms with van der Waals surface area (Å²) in [6.45, 7) is 0.0923. The average Bonchev–Trinajstić information content (AvgIpc) is 1.85. The van der Waals surface area contributed by atoms with Crippen molar-refractivity contribution in [3.05, 3.63) is 0 Å². The summed E-state index contributed by atoms with van der Waals surface area (Å²) in [5.74, 6) is -4.07. The van der Waals surface area contributed by atoms with Crippen LogP contribution in [-0.4, -0.2) is 31.6 Å². The fourth-order valence-electron chi connectivity index (χ4n) is 0.444. The molecule has 0 aliphatic rings. The lowest BCUT2D eigenvalue weighted by molar-refractivity contribution is -0.166. The molecule has 0 spiro atoms. The van der Waals surface area contributed by atoms with Crippen LogP contribution in [0.2, 0.25) is 0 Å². The molecule has 0 aromatic heterocycles. The van der Waals surface area contributed by atoms with Gasteiger partial charge in [-0.3, -0.25) is 0 Å². The molecule has 0 aliphatic heterocycles. The smallest absolute Gasteiger partial charge is 0.330 e. The standard InChI is InChI=1S/C6H11F4NO/c1-4(11)2-12-3-6(9,10)5(7)8/h4-5H,2-3,11H2,1H3/t4-/m0/s1. The number of hydrogen-bond donors (Lipinski definition) is 1. The topological polar surface area (TPSA) is 35.2 Å². The third-order valence-corrected chi connectivity index (χ3v) is 0.995. The monoisotopic (exact) mass is 189 g/mol. The number of rotatable bonds is 5. The van der Waals surface area contributed by atoms with Crippen LogP contribution in [0.5, 0.6) is 0 Å². The predicted octanol–water partition coefficient (Wildman–Crippen LogP) is 1.25. The minimum atomic E-state index is -4.07. The summed E-state index contributed by atoms with van der Waals surface area (Å²) < 4.78 is 51.4. The molecule has 1 atom stereocenters. The molecular formula is C6H11F4NO. The molecule has 0 heterocycles.